The minimum Gasteiger partial charge on any atom is -0.395 e. The lowest BCUT2D eigenvalue weighted by molar-refractivity contribution is 0.282. The molecule has 0 radical (unpaired) electrons. The number of rotatable bonds is 6. The van der Waals surface area contributed by atoms with Crippen molar-refractivity contribution in [1.29, 1.82) is 0 Å². The SMILES string of the molecule is CSC(CO)C(C)NS(=O)(=O)C1CCS(=O)(=O)CC1. The van der Waals surface area contributed by atoms with Crippen LogP contribution in [0, 0.1) is 0 Å². The predicted molar refractivity (Wildman–Crippen MR) is 77.6 cm³/mol. The van der Waals surface area contributed by atoms with Crippen molar-refractivity contribution in [2.75, 3.05) is 24.4 Å². The van der Waals surface area contributed by atoms with Crippen molar-refractivity contribution < 1.29 is 21.9 Å². The van der Waals surface area contributed by atoms with Gasteiger partial charge in [-0.1, -0.05) is 0 Å². The highest BCUT2D eigenvalue weighted by molar-refractivity contribution is 7.99. The molecular weight excluding hydrogens is 310 g/mol. The van der Waals surface area contributed by atoms with Gasteiger partial charge in [0.25, 0.3) is 0 Å². The molecule has 1 saturated heterocycles. The van der Waals surface area contributed by atoms with E-state index in [2.05, 4.69) is 4.72 Å². The number of hydrogen-bond donors (Lipinski definition) is 2. The van der Waals surface area contributed by atoms with Gasteiger partial charge in [-0.2, -0.15) is 11.8 Å². The lowest BCUT2D eigenvalue weighted by atomic mass is 10.2. The van der Waals surface area contributed by atoms with E-state index in [1.165, 1.54) is 11.8 Å². The number of nitrogens with one attached hydrogen (secondary N) is 1. The maximum absolute atomic E-state index is 12.1. The highest BCUT2D eigenvalue weighted by atomic mass is 32.2. The topological polar surface area (TPSA) is 101 Å². The minimum atomic E-state index is -3.54. The van der Waals surface area contributed by atoms with Gasteiger partial charge in [-0.05, 0) is 26.0 Å². The van der Waals surface area contributed by atoms with Gasteiger partial charge in [0.15, 0.2) is 0 Å². The van der Waals surface area contributed by atoms with Crippen LogP contribution in [0.25, 0.3) is 0 Å². The Kier molecular flexibility index (Phi) is 6.12. The van der Waals surface area contributed by atoms with Crippen LogP contribution in [0.15, 0.2) is 0 Å². The zero-order valence-electron chi connectivity index (χ0n) is 11.1. The molecule has 1 rings (SSSR count). The Labute approximate surface area is 119 Å². The molecule has 1 heterocycles. The summed E-state index contributed by atoms with van der Waals surface area (Å²) < 4.78 is 49.4. The van der Waals surface area contributed by atoms with E-state index in [0.29, 0.717) is 0 Å². The van der Waals surface area contributed by atoms with Crippen LogP contribution >= 0.6 is 11.8 Å². The molecule has 2 unspecified atom stereocenters. The van der Waals surface area contributed by atoms with Gasteiger partial charge >= 0.3 is 0 Å². The first kappa shape index (κ1) is 17.2. The lowest BCUT2D eigenvalue weighted by Gasteiger charge is -2.26. The lowest BCUT2D eigenvalue weighted by Crippen LogP contribution is -2.47. The van der Waals surface area contributed by atoms with Gasteiger partial charge in [-0.25, -0.2) is 21.6 Å². The van der Waals surface area contributed by atoms with E-state index in [9.17, 15) is 16.8 Å². The standard InChI is InChI=1S/C10H21NO5S3/c1-8(10(7-12)17-2)11-19(15,16)9-3-5-18(13,14)6-4-9/h8-12H,3-7H2,1-2H3. The zero-order chi connectivity index (χ0) is 14.7. The van der Waals surface area contributed by atoms with E-state index in [1.54, 1.807) is 13.2 Å². The highest BCUT2D eigenvalue weighted by Gasteiger charge is 2.34. The summed E-state index contributed by atoms with van der Waals surface area (Å²) in [6.45, 7) is 1.60. The van der Waals surface area contributed by atoms with Crippen LogP contribution in [0.4, 0.5) is 0 Å². The first-order chi connectivity index (χ1) is 8.72. The number of sulfonamides is 1. The molecular formula is C10H21NO5S3. The molecule has 6 nitrogen and oxygen atoms in total. The van der Waals surface area contributed by atoms with Crippen LogP contribution in [0.2, 0.25) is 0 Å². The summed E-state index contributed by atoms with van der Waals surface area (Å²) in [5.41, 5.74) is 0. The number of aliphatic hydroxyl groups excluding tert-OH is 1. The van der Waals surface area contributed by atoms with Gasteiger partial charge in [0.1, 0.15) is 9.84 Å². The maximum atomic E-state index is 12.1. The van der Waals surface area contributed by atoms with Crippen LogP contribution in [0.1, 0.15) is 19.8 Å². The van der Waals surface area contributed by atoms with Crippen molar-refractivity contribution >= 4 is 31.6 Å². The fourth-order valence-corrected chi connectivity index (χ4v) is 6.28. The average Bonchev–Trinajstić information content (AvgIpc) is 2.29. The summed E-state index contributed by atoms with van der Waals surface area (Å²) in [5.74, 6) is -0.141. The number of hydrogen-bond acceptors (Lipinski definition) is 6. The molecule has 1 aliphatic heterocycles. The van der Waals surface area contributed by atoms with Gasteiger partial charge in [0, 0.05) is 11.3 Å². The molecule has 0 aliphatic carbocycles. The van der Waals surface area contributed by atoms with Gasteiger partial charge in [-0.3, -0.25) is 0 Å². The number of thioether (sulfide) groups is 1. The van der Waals surface area contributed by atoms with Gasteiger partial charge in [-0.15, -0.1) is 0 Å². The largest absolute Gasteiger partial charge is 0.395 e. The fourth-order valence-electron chi connectivity index (χ4n) is 2.05. The Morgan fingerprint density at radius 2 is 1.89 bits per heavy atom. The molecule has 114 valence electrons. The molecule has 2 atom stereocenters. The maximum Gasteiger partial charge on any atom is 0.214 e. The summed E-state index contributed by atoms with van der Waals surface area (Å²) in [6, 6.07) is -0.386. The van der Waals surface area contributed by atoms with E-state index in [0.717, 1.165) is 0 Å². The highest BCUT2D eigenvalue weighted by Crippen LogP contribution is 2.20. The van der Waals surface area contributed by atoms with Crippen molar-refractivity contribution in [3.05, 3.63) is 0 Å². The molecule has 19 heavy (non-hydrogen) atoms. The summed E-state index contributed by atoms with van der Waals surface area (Å²) in [4.78, 5) is 0. The first-order valence-electron chi connectivity index (χ1n) is 6.07. The van der Waals surface area contributed by atoms with E-state index in [1.807, 2.05) is 0 Å². The van der Waals surface area contributed by atoms with Crippen LogP contribution in [0.3, 0.4) is 0 Å². The molecule has 0 spiro atoms. The van der Waals surface area contributed by atoms with Crippen molar-refractivity contribution in [2.45, 2.75) is 36.3 Å². The van der Waals surface area contributed by atoms with Gasteiger partial charge in [0.2, 0.25) is 10.0 Å². The quantitative estimate of drug-likeness (QED) is 0.686. The third kappa shape index (κ3) is 4.89. The molecule has 0 bridgehead atoms. The van der Waals surface area contributed by atoms with Gasteiger partial charge < -0.3 is 5.11 Å². The molecule has 9 heteroatoms. The van der Waals surface area contributed by atoms with Crippen molar-refractivity contribution in [1.82, 2.24) is 4.72 Å². The van der Waals surface area contributed by atoms with E-state index >= 15 is 0 Å². The smallest absolute Gasteiger partial charge is 0.214 e. The monoisotopic (exact) mass is 331 g/mol. The third-order valence-corrected chi connectivity index (χ3v) is 8.26. The van der Waals surface area contributed by atoms with Crippen LogP contribution < -0.4 is 4.72 Å². The second-order valence-corrected chi connectivity index (χ2v) is 10.1. The minimum absolute atomic E-state index is 0.0705. The summed E-state index contributed by atoms with van der Waals surface area (Å²) in [6.07, 6.45) is 2.10. The van der Waals surface area contributed by atoms with E-state index < -0.39 is 25.1 Å². The van der Waals surface area contributed by atoms with Gasteiger partial charge in [0.05, 0.1) is 23.4 Å². The Morgan fingerprint density at radius 3 is 2.32 bits per heavy atom. The molecule has 0 aromatic carbocycles. The second kappa shape index (κ2) is 6.75. The molecule has 2 N–H and O–H groups in total. The Morgan fingerprint density at radius 1 is 1.37 bits per heavy atom. The summed E-state index contributed by atoms with van der Waals surface area (Å²) in [7, 11) is -6.60. The Hall–Kier alpha value is 0.170. The Bertz CT molecular complexity index is 469. The van der Waals surface area contributed by atoms with E-state index in [4.69, 9.17) is 5.11 Å². The Balaban J connectivity index is 2.67. The predicted octanol–water partition coefficient (Wildman–Crippen LogP) is -0.405. The summed E-state index contributed by atoms with van der Waals surface area (Å²) in [5, 5.41) is 8.28. The summed E-state index contributed by atoms with van der Waals surface area (Å²) >= 11 is 1.39. The molecule has 0 saturated carbocycles. The van der Waals surface area contributed by atoms with Crippen LogP contribution in [-0.4, -0.2) is 62.9 Å². The van der Waals surface area contributed by atoms with Crippen LogP contribution in [-0.2, 0) is 19.9 Å². The fraction of sp³-hybridized carbons (Fsp3) is 1.00. The van der Waals surface area contributed by atoms with Crippen molar-refractivity contribution in [3.8, 4) is 0 Å². The molecule has 0 aromatic heterocycles. The van der Waals surface area contributed by atoms with Crippen molar-refractivity contribution in [3.63, 3.8) is 0 Å². The number of sulfone groups is 1. The number of aliphatic hydroxyl groups is 1. The second-order valence-electron chi connectivity index (χ2n) is 4.76. The third-order valence-electron chi connectivity index (χ3n) is 3.33. The normalized spacial score (nSPS) is 23.9. The van der Waals surface area contributed by atoms with Crippen LogP contribution in [0.5, 0.6) is 0 Å². The van der Waals surface area contributed by atoms with Crippen molar-refractivity contribution in [2.24, 2.45) is 0 Å². The first-order valence-corrected chi connectivity index (χ1v) is 10.7. The molecule has 1 fully saturated rings. The zero-order valence-corrected chi connectivity index (χ0v) is 13.5. The van der Waals surface area contributed by atoms with E-state index in [-0.39, 0.29) is 42.2 Å². The molecule has 1 aliphatic rings. The molecule has 0 amide bonds. The molecule has 0 aromatic rings. The average molecular weight is 331 g/mol.